The Bertz CT molecular complexity index is 1500. The number of piperidine rings is 1. The van der Waals surface area contributed by atoms with Crippen LogP contribution < -0.4 is 10.1 Å². The van der Waals surface area contributed by atoms with Gasteiger partial charge in [-0.25, -0.2) is 13.8 Å². The number of aromatic nitrogens is 2. The number of alkyl halides is 1. The van der Waals surface area contributed by atoms with Crippen molar-refractivity contribution >= 4 is 29.4 Å². The van der Waals surface area contributed by atoms with E-state index in [1.807, 2.05) is 42.7 Å². The van der Waals surface area contributed by atoms with Crippen molar-refractivity contribution in [1.29, 1.82) is 5.41 Å². The standard InChI is InChI=1S/C18H24FN3O.C15H17FN2O.H2/c1-4-6-14-12-20-17-11-16(23-3)15(13-22(14)17)18(19)7-9-21(5-2)10-8-18;1-3-10(8-17)12-7-13(14(16)6-9(12)2)15(19)18-11-4-5-11;/h4,6,11-13H,5,7-10H2,1-3H3;3,6-8,11,17H,4-5H2,1-2H3,(H,18,19);1H/b6-4-;10-3+,17-8?;. The number of carbonyl (C=O) groups is 1. The molecule has 1 saturated carbocycles. The lowest BCUT2D eigenvalue weighted by atomic mass is 9.86. The Labute approximate surface area is 248 Å². The fourth-order valence-corrected chi connectivity index (χ4v) is 5.28. The number of hydrogen-bond acceptors (Lipinski definition) is 5. The lowest BCUT2D eigenvalue weighted by Crippen LogP contribution is -2.40. The van der Waals surface area contributed by atoms with Crippen molar-refractivity contribution in [3.8, 4) is 5.75 Å². The number of pyridine rings is 1. The topological polar surface area (TPSA) is 82.7 Å². The number of carbonyl (C=O) groups excluding carboxylic acids is 1. The molecule has 226 valence electrons. The van der Waals surface area contributed by atoms with Crippen molar-refractivity contribution in [1.82, 2.24) is 19.6 Å². The van der Waals surface area contributed by atoms with E-state index in [1.165, 1.54) is 18.3 Å². The number of likely N-dealkylation sites (tertiary alicyclic amines) is 1. The van der Waals surface area contributed by atoms with Crippen LogP contribution in [-0.2, 0) is 5.67 Å². The van der Waals surface area contributed by atoms with Crippen LogP contribution in [0.1, 0.15) is 80.6 Å². The van der Waals surface area contributed by atoms with Crippen molar-refractivity contribution in [2.45, 2.75) is 65.1 Å². The second-order valence-electron chi connectivity index (χ2n) is 10.8. The summed E-state index contributed by atoms with van der Waals surface area (Å²) in [7, 11) is 1.59. The molecule has 2 aromatic heterocycles. The molecule has 2 aliphatic rings. The van der Waals surface area contributed by atoms with Gasteiger partial charge in [0.15, 0.2) is 0 Å². The Balaban J connectivity index is 0.000000234. The average molecular weight is 580 g/mol. The summed E-state index contributed by atoms with van der Waals surface area (Å²) in [6.07, 6.45) is 13.5. The van der Waals surface area contributed by atoms with Gasteiger partial charge in [0.1, 0.15) is 22.9 Å². The second-order valence-corrected chi connectivity index (χ2v) is 10.8. The van der Waals surface area contributed by atoms with Crippen LogP contribution in [0.4, 0.5) is 8.78 Å². The van der Waals surface area contributed by atoms with Gasteiger partial charge in [-0.3, -0.25) is 9.20 Å². The van der Waals surface area contributed by atoms with Gasteiger partial charge in [-0.05, 0) is 87.9 Å². The van der Waals surface area contributed by atoms with Gasteiger partial charge in [-0.15, -0.1) is 0 Å². The van der Waals surface area contributed by atoms with E-state index in [2.05, 4.69) is 22.1 Å². The normalized spacial score (nSPS) is 17.2. The first-order valence-corrected chi connectivity index (χ1v) is 14.6. The maximum absolute atomic E-state index is 15.7. The van der Waals surface area contributed by atoms with E-state index in [0.29, 0.717) is 29.7 Å². The summed E-state index contributed by atoms with van der Waals surface area (Å²) in [6.45, 7) is 10.2. The van der Waals surface area contributed by atoms with Crippen LogP contribution in [0, 0.1) is 18.2 Å². The maximum Gasteiger partial charge on any atom is 0.254 e. The maximum atomic E-state index is 15.7. The number of amides is 1. The molecule has 0 spiro atoms. The predicted molar refractivity (Wildman–Crippen MR) is 167 cm³/mol. The van der Waals surface area contributed by atoms with Crippen molar-refractivity contribution in [3.63, 3.8) is 0 Å². The molecule has 0 bridgehead atoms. The van der Waals surface area contributed by atoms with Crippen LogP contribution in [0.25, 0.3) is 17.3 Å². The zero-order valence-corrected chi connectivity index (χ0v) is 25.1. The lowest BCUT2D eigenvalue weighted by molar-refractivity contribution is 0.0559. The molecule has 42 heavy (non-hydrogen) atoms. The molecule has 2 N–H and O–H groups in total. The fourth-order valence-electron chi connectivity index (χ4n) is 5.28. The quantitative estimate of drug-likeness (QED) is 0.282. The number of hydrogen-bond donors (Lipinski definition) is 2. The van der Waals surface area contributed by atoms with Crippen LogP contribution in [-0.4, -0.2) is 59.2 Å². The average Bonchev–Trinajstić information content (AvgIpc) is 3.72. The molecule has 0 atom stereocenters. The number of allylic oxidation sites excluding steroid dienone is 3. The highest BCUT2D eigenvalue weighted by molar-refractivity contribution is 6.09. The van der Waals surface area contributed by atoms with E-state index in [-0.39, 0.29) is 18.9 Å². The smallest absolute Gasteiger partial charge is 0.254 e. The molecule has 2 fully saturated rings. The number of fused-ring (bicyclic) bond motifs is 1. The van der Waals surface area contributed by atoms with Gasteiger partial charge in [0, 0.05) is 44.6 Å². The minimum absolute atomic E-state index is 0. The van der Waals surface area contributed by atoms with Crippen LogP contribution in [0.5, 0.6) is 5.75 Å². The van der Waals surface area contributed by atoms with Gasteiger partial charge in [0.2, 0.25) is 0 Å². The van der Waals surface area contributed by atoms with E-state index in [0.717, 1.165) is 54.9 Å². The van der Waals surface area contributed by atoms with Gasteiger partial charge in [0.05, 0.1) is 24.6 Å². The first-order chi connectivity index (χ1) is 20.2. The molecular weight excluding hydrogens is 536 g/mol. The molecule has 1 aliphatic heterocycles. The van der Waals surface area contributed by atoms with Gasteiger partial charge in [-0.2, -0.15) is 0 Å². The first kappa shape index (κ1) is 31.1. The molecule has 3 heterocycles. The van der Waals surface area contributed by atoms with Crippen molar-refractivity contribution in [2.24, 2.45) is 0 Å². The summed E-state index contributed by atoms with van der Waals surface area (Å²) < 4.78 is 36.9. The highest BCUT2D eigenvalue weighted by Gasteiger charge is 2.39. The van der Waals surface area contributed by atoms with Crippen molar-refractivity contribution in [2.75, 3.05) is 26.7 Å². The summed E-state index contributed by atoms with van der Waals surface area (Å²) in [5.74, 6) is -0.302. The zero-order valence-electron chi connectivity index (χ0n) is 25.1. The zero-order chi connectivity index (χ0) is 30.4. The van der Waals surface area contributed by atoms with E-state index >= 15 is 4.39 Å². The fraction of sp³-hybridized carbons (Fsp3) is 0.424. The Morgan fingerprint density at radius 1 is 1.24 bits per heavy atom. The number of nitrogens with one attached hydrogen (secondary N) is 2. The number of methoxy groups -OCH3 is 1. The molecule has 5 rings (SSSR count). The minimum atomic E-state index is -1.34. The second kappa shape index (κ2) is 13.4. The predicted octanol–water partition coefficient (Wildman–Crippen LogP) is 6.98. The number of halogens is 2. The lowest BCUT2D eigenvalue weighted by Gasteiger charge is -2.36. The number of rotatable bonds is 8. The largest absolute Gasteiger partial charge is 0.496 e. The molecule has 0 radical (unpaired) electrons. The molecule has 0 unspecified atom stereocenters. The van der Waals surface area contributed by atoms with Gasteiger partial charge in [0.25, 0.3) is 5.91 Å². The van der Waals surface area contributed by atoms with Gasteiger partial charge >= 0.3 is 0 Å². The van der Waals surface area contributed by atoms with Crippen molar-refractivity contribution in [3.05, 3.63) is 76.5 Å². The number of ether oxygens (including phenoxy) is 1. The molecular formula is C33H43F2N5O2. The Kier molecular flexibility index (Phi) is 9.93. The summed E-state index contributed by atoms with van der Waals surface area (Å²) in [5, 5.41) is 10.1. The summed E-state index contributed by atoms with van der Waals surface area (Å²) >= 11 is 0. The Morgan fingerprint density at radius 2 is 1.95 bits per heavy atom. The first-order valence-electron chi connectivity index (χ1n) is 14.6. The SMILES string of the molecule is C/C=C(\C=N)c1cc(C(=O)NC2CC2)c(F)cc1C.C/C=C\c1cnc2cc(OC)c(C3(F)CCN(CC)CC3)cn12.[HH]. The molecule has 1 saturated heterocycles. The van der Waals surface area contributed by atoms with Crippen LogP contribution in [0.3, 0.4) is 0 Å². The number of benzene rings is 1. The molecule has 1 aromatic carbocycles. The molecule has 1 amide bonds. The van der Waals surface area contributed by atoms with E-state index in [9.17, 15) is 9.18 Å². The monoisotopic (exact) mass is 579 g/mol. The Morgan fingerprint density at radius 3 is 2.52 bits per heavy atom. The summed E-state index contributed by atoms with van der Waals surface area (Å²) in [5.41, 5.74) is 3.17. The number of nitrogens with zero attached hydrogens (tertiary/aromatic N) is 3. The third-order valence-electron chi connectivity index (χ3n) is 8.02. The molecule has 1 aliphatic carbocycles. The van der Waals surface area contributed by atoms with Crippen LogP contribution in [0.2, 0.25) is 0 Å². The molecule has 7 nitrogen and oxygen atoms in total. The molecule has 3 aromatic rings. The minimum Gasteiger partial charge on any atom is -0.496 e. The summed E-state index contributed by atoms with van der Waals surface area (Å²) in [4.78, 5) is 18.6. The van der Waals surface area contributed by atoms with E-state index in [4.69, 9.17) is 10.1 Å². The van der Waals surface area contributed by atoms with E-state index in [1.54, 1.807) is 26.3 Å². The molecule has 9 heteroatoms. The summed E-state index contributed by atoms with van der Waals surface area (Å²) in [6, 6.07) is 4.91. The third kappa shape index (κ3) is 6.78. The highest BCUT2D eigenvalue weighted by Crippen LogP contribution is 2.42. The Hall–Kier alpha value is -3.85. The van der Waals surface area contributed by atoms with Gasteiger partial charge < -0.3 is 20.4 Å². The number of imidazole rings is 1. The van der Waals surface area contributed by atoms with Gasteiger partial charge in [-0.1, -0.05) is 19.1 Å². The number of aryl methyl sites for hydroxylation is 1. The third-order valence-corrected chi connectivity index (χ3v) is 8.02. The van der Waals surface area contributed by atoms with Crippen molar-refractivity contribution < 1.29 is 19.7 Å². The van der Waals surface area contributed by atoms with Crippen LogP contribution >= 0.6 is 0 Å². The van der Waals surface area contributed by atoms with Crippen LogP contribution in [0.15, 0.2) is 42.7 Å². The van der Waals surface area contributed by atoms with E-state index < -0.39 is 11.5 Å². The highest BCUT2D eigenvalue weighted by atomic mass is 19.1.